The number of piperidine rings is 1. The summed E-state index contributed by atoms with van der Waals surface area (Å²) in [7, 11) is 1.56. The second kappa shape index (κ2) is 5.84. The third-order valence-corrected chi connectivity index (χ3v) is 3.20. The van der Waals surface area contributed by atoms with Gasteiger partial charge in [-0.15, -0.1) is 0 Å². The Hall–Kier alpha value is -1.59. The average Bonchev–Trinajstić information content (AvgIpc) is 2.46. The molecule has 18 heavy (non-hydrogen) atoms. The lowest BCUT2D eigenvalue weighted by Gasteiger charge is -2.31. The van der Waals surface area contributed by atoms with Crippen molar-refractivity contribution in [2.75, 3.05) is 20.2 Å². The summed E-state index contributed by atoms with van der Waals surface area (Å²) in [5.41, 5.74) is 0.581. The Balaban J connectivity index is 2.15. The molecule has 1 unspecified atom stereocenters. The van der Waals surface area contributed by atoms with Crippen LogP contribution in [0.2, 0.25) is 0 Å². The number of ether oxygens (including phenoxy) is 1. The van der Waals surface area contributed by atoms with Crippen LogP contribution in [-0.2, 0) is 4.84 Å². The highest BCUT2D eigenvalue weighted by atomic mass is 16.6. The van der Waals surface area contributed by atoms with Gasteiger partial charge in [0, 0.05) is 13.1 Å². The maximum absolute atomic E-state index is 12.4. The van der Waals surface area contributed by atoms with Crippen molar-refractivity contribution in [1.29, 1.82) is 0 Å². The quantitative estimate of drug-likeness (QED) is 0.818. The Morgan fingerprint density at radius 2 is 2.22 bits per heavy atom. The summed E-state index contributed by atoms with van der Waals surface area (Å²) >= 11 is 0. The summed E-state index contributed by atoms with van der Waals surface area (Å²) in [5.74, 6) is 5.76. The van der Waals surface area contributed by atoms with Gasteiger partial charge in [0.1, 0.15) is 5.75 Å². The first kappa shape index (κ1) is 12.9. The van der Waals surface area contributed by atoms with E-state index in [0.717, 1.165) is 19.4 Å². The van der Waals surface area contributed by atoms with E-state index in [2.05, 4.69) is 0 Å². The van der Waals surface area contributed by atoms with Crippen LogP contribution in [0.15, 0.2) is 24.3 Å². The van der Waals surface area contributed by atoms with E-state index in [9.17, 15) is 4.79 Å². The molecule has 0 radical (unpaired) electrons. The molecule has 2 N–H and O–H groups in total. The molecule has 98 valence electrons. The zero-order valence-corrected chi connectivity index (χ0v) is 10.5. The highest BCUT2D eigenvalue weighted by Gasteiger charge is 2.26. The van der Waals surface area contributed by atoms with Crippen LogP contribution < -0.4 is 10.6 Å². The first-order valence-electron chi connectivity index (χ1n) is 6.04. The molecule has 1 aliphatic rings. The molecule has 0 aliphatic carbocycles. The molecule has 1 amide bonds. The lowest BCUT2D eigenvalue weighted by molar-refractivity contribution is 0.000874. The Labute approximate surface area is 106 Å². The molecule has 2 rings (SSSR count). The van der Waals surface area contributed by atoms with Crippen LogP contribution in [0.25, 0.3) is 0 Å². The molecule has 1 saturated heterocycles. The van der Waals surface area contributed by atoms with Gasteiger partial charge in [-0.25, -0.2) is 5.90 Å². The normalized spacial score (nSPS) is 19.7. The van der Waals surface area contributed by atoms with Crippen molar-refractivity contribution in [1.82, 2.24) is 4.90 Å². The molecule has 1 aromatic carbocycles. The van der Waals surface area contributed by atoms with Crippen LogP contribution in [0.4, 0.5) is 0 Å². The predicted octanol–water partition coefficient (Wildman–Crippen LogP) is 1.19. The average molecular weight is 250 g/mol. The number of rotatable bonds is 3. The predicted molar refractivity (Wildman–Crippen MR) is 67.2 cm³/mol. The molecule has 0 bridgehead atoms. The van der Waals surface area contributed by atoms with E-state index in [1.54, 1.807) is 24.1 Å². The van der Waals surface area contributed by atoms with Gasteiger partial charge in [0.05, 0.1) is 18.8 Å². The Morgan fingerprint density at radius 1 is 1.44 bits per heavy atom. The Morgan fingerprint density at radius 3 is 2.94 bits per heavy atom. The third-order valence-electron chi connectivity index (χ3n) is 3.20. The lowest BCUT2D eigenvalue weighted by atomic mass is 10.1. The van der Waals surface area contributed by atoms with Crippen molar-refractivity contribution in [3.63, 3.8) is 0 Å². The molecule has 5 nitrogen and oxygen atoms in total. The third kappa shape index (κ3) is 2.63. The number of hydrogen-bond acceptors (Lipinski definition) is 4. The molecular weight excluding hydrogens is 232 g/mol. The summed E-state index contributed by atoms with van der Waals surface area (Å²) in [6, 6.07) is 7.23. The maximum Gasteiger partial charge on any atom is 0.257 e. The molecule has 1 aromatic rings. The van der Waals surface area contributed by atoms with Gasteiger partial charge in [-0.05, 0) is 25.0 Å². The topological polar surface area (TPSA) is 64.8 Å². The highest BCUT2D eigenvalue weighted by molar-refractivity contribution is 5.97. The van der Waals surface area contributed by atoms with Gasteiger partial charge in [-0.1, -0.05) is 12.1 Å². The van der Waals surface area contributed by atoms with Crippen LogP contribution in [0, 0.1) is 0 Å². The van der Waals surface area contributed by atoms with Crippen molar-refractivity contribution in [2.24, 2.45) is 5.90 Å². The van der Waals surface area contributed by atoms with Crippen molar-refractivity contribution in [3.8, 4) is 5.75 Å². The fourth-order valence-electron chi connectivity index (χ4n) is 2.23. The minimum Gasteiger partial charge on any atom is -0.496 e. The molecule has 0 aromatic heterocycles. The van der Waals surface area contributed by atoms with Gasteiger partial charge >= 0.3 is 0 Å². The first-order chi connectivity index (χ1) is 8.76. The maximum atomic E-state index is 12.4. The van der Waals surface area contributed by atoms with Crippen LogP contribution in [0.3, 0.4) is 0 Å². The summed E-state index contributed by atoms with van der Waals surface area (Å²) in [6.07, 6.45) is 1.73. The number of nitrogens with zero attached hydrogens (tertiary/aromatic N) is 1. The number of likely N-dealkylation sites (tertiary alicyclic amines) is 1. The molecule has 0 spiro atoms. The van der Waals surface area contributed by atoms with E-state index < -0.39 is 0 Å². The van der Waals surface area contributed by atoms with E-state index in [0.29, 0.717) is 17.9 Å². The number of hydrogen-bond donors (Lipinski definition) is 1. The minimum atomic E-state index is -0.0718. The number of para-hydroxylation sites is 1. The molecule has 1 atom stereocenters. The van der Waals surface area contributed by atoms with Crippen molar-refractivity contribution >= 4 is 5.91 Å². The van der Waals surface area contributed by atoms with Crippen molar-refractivity contribution in [3.05, 3.63) is 29.8 Å². The molecule has 1 heterocycles. The van der Waals surface area contributed by atoms with Gasteiger partial charge in [0.2, 0.25) is 0 Å². The van der Waals surface area contributed by atoms with Crippen molar-refractivity contribution < 1.29 is 14.4 Å². The minimum absolute atomic E-state index is 0.0331. The van der Waals surface area contributed by atoms with Gasteiger partial charge in [0.25, 0.3) is 5.91 Å². The number of benzene rings is 1. The van der Waals surface area contributed by atoms with Gasteiger partial charge in [-0.3, -0.25) is 9.63 Å². The largest absolute Gasteiger partial charge is 0.496 e. The second-order valence-electron chi connectivity index (χ2n) is 4.35. The number of nitrogens with two attached hydrogens (primary N) is 1. The Kier molecular flexibility index (Phi) is 4.17. The zero-order valence-electron chi connectivity index (χ0n) is 10.5. The van der Waals surface area contributed by atoms with Crippen molar-refractivity contribution in [2.45, 2.75) is 18.9 Å². The number of carbonyl (C=O) groups is 1. The molecule has 5 heteroatoms. The van der Waals surface area contributed by atoms with E-state index in [1.165, 1.54) is 0 Å². The highest BCUT2D eigenvalue weighted by Crippen LogP contribution is 2.21. The standard InChI is InChI=1S/C13H18N2O3/c1-17-12-7-3-2-6-11(12)13(16)15-8-4-5-10(9-15)18-14/h2-3,6-7,10H,4-5,8-9,14H2,1H3. The van der Waals surface area contributed by atoms with Crippen LogP contribution in [0.1, 0.15) is 23.2 Å². The molecule has 0 saturated carbocycles. The number of carbonyl (C=O) groups excluding carboxylic acids is 1. The van der Waals surface area contributed by atoms with Gasteiger partial charge in [-0.2, -0.15) is 0 Å². The van der Waals surface area contributed by atoms with Gasteiger partial charge < -0.3 is 9.64 Å². The fourth-order valence-corrected chi connectivity index (χ4v) is 2.23. The van der Waals surface area contributed by atoms with Crippen LogP contribution in [0.5, 0.6) is 5.75 Å². The molecular formula is C13H18N2O3. The smallest absolute Gasteiger partial charge is 0.257 e. The summed E-state index contributed by atoms with van der Waals surface area (Å²) in [4.78, 5) is 19.0. The zero-order chi connectivity index (χ0) is 13.0. The SMILES string of the molecule is COc1ccccc1C(=O)N1CCCC(ON)C1. The van der Waals surface area contributed by atoms with E-state index in [4.69, 9.17) is 15.5 Å². The molecule has 1 fully saturated rings. The van der Waals surface area contributed by atoms with E-state index >= 15 is 0 Å². The fraction of sp³-hybridized carbons (Fsp3) is 0.462. The number of amides is 1. The summed E-state index contributed by atoms with van der Waals surface area (Å²) in [5, 5.41) is 0. The second-order valence-corrected chi connectivity index (χ2v) is 4.35. The van der Waals surface area contributed by atoms with Crippen LogP contribution in [-0.4, -0.2) is 37.1 Å². The number of methoxy groups -OCH3 is 1. The van der Waals surface area contributed by atoms with Gasteiger partial charge in [0.15, 0.2) is 0 Å². The first-order valence-corrected chi connectivity index (χ1v) is 6.04. The summed E-state index contributed by atoms with van der Waals surface area (Å²) in [6.45, 7) is 1.27. The summed E-state index contributed by atoms with van der Waals surface area (Å²) < 4.78 is 5.21. The van der Waals surface area contributed by atoms with Crippen LogP contribution >= 0.6 is 0 Å². The Bertz CT molecular complexity index is 422. The van der Waals surface area contributed by atoms with E-state index in [1.807, 2.05) is 12.1 Å². The van der Waals surface area contributed by atoms with E-state index in [-0.39, 0.29) is 12.0 Å². The monoisotopic (exact) mass is 250 g/mol. The lowest BCUT2D eigenvalue weighted by Crippen LogP contribution is -2.44. The molecule has 1 aliphatic heterocycles.